The predicted octanol–water partition coefficient (Wildman–Crippen LogP) is 6.64. The molecule has 26 heteroatoms. The summed E-state index contributed by atoms with van der Waals surface area (Å²) in [4.78, 5) is 51.8. The molecule has 4 aliphatic heterocycles. The maximum absolute atomic E-state index is 12.9. The van der Waals surface area contributed by atoms with Crippen LogP contribution in [0.5, 0.6) is 11.5 Å². The number of ether oxygens (including phenoxy) is 4. The number of amides is 2. The van der Waals surface area contributed by atoms with E-state index in [2.05, 4.69) is 35.2 Å². The lowest BCUT2D eigenvalue weighted by Gasteiger charge is -2.23. The molecule has 4 fully saturated rings. The first kappa shape index (κ1) is 51.1. The van der Waals surface area contributed by atoms with E-state index in [0.717, 1.165) is 71.3 Å². The lowest BCUT2D eigenvalue weighted by molar-refractivity contribution is 0.177. The van der Waals surface area contributed by atoms with E-state index in [-0.39, 0.29) is 43.5 Å². The van der Waals surface area contributed by atoms with Gasteiger partial charge in [0.1, 0.15) is 62.2 Å². The zero-order chi connectivity index (χ0) is 49.2. The Hall–Kier alpha value is -6.25. The number of aromatic nitrogens is 8. The summed E-state index contributed by atoms with van der Waals surface area (Å²) in [5.74, 6) is 3.72. The SMILES string of the molecule is C.C[C@H](N)c1ncn2c1COc1cc(Cl)ccc1-2.C[C@H](Nc1nccc(N2C(=O)OC[C@@H]2C2CC2)n1)c1ncn2c1COc1cc(Cl)ccc1-2.O=C1OC[C@H](C2CC2)N1c1ccnc(F)n1.[B][B]B([B])[B]. The van der Waals surface area contributed by atoms with Gasteiger partial charge in [0.05, 0.1) is 52.3 Å². The van der Waals surface area contributed by atoms with Crippen molar-refractivity contribution in [2.45, 2.75) is 84.3 Å². The first-order valence-electron chi connectivity index (χ1n) is 22.6. The number of anilines is 3. The molecule has 0 spiro atoms. The number of halogens is 3. The summed E-state index contributed by atoms with van der Waals surface area (Å²) in [6.45, 7) is 5.56. The van der Waals surface area contributed by atoms with Crippen molar-refractivity contribution in [2.24, 2.45) is 17.6 Å². The average Bonchev–Trinajstić information content (AvgIpc) is 4.20. The molecule has 359 valence electrons. The number of cyclic esters (lactones) is 2. The zero-order valence-corrected chi connectivity index (χ0v) is 39.6. The van der Waals surface area contributed by atoms with Gasteiger partial charge < -0.3 is 30.0 Å². The number of hydrogen-bond donors (Lipinski definition) is 2. The van der Waals surface area contributed by atoms with Gasteiger partial charge in [-0.15, -0.1) is 0 Å². The van der Waals surface area contributed by atoms with E-state index >= 15 is 0 Å². The molecule has 0 unspecified atom stereocenters. The van der Waals surface area contributed by atoms with Crippen LogP contribution in [0.15, 0.2) is 73.6 Å². The predicted molar refractivity (Wildman–Crippen MR) is 271 cm³/mol. The van der Waals surface area contributed by atoms with Crippen LogP contribution in [0.4, 0.5) is 31.6 Å². The highest BCUT2D eigenvalue weighted by Gasteiger charge is 2.46. The van der Waals surface area contributed by atoms with Crippen LogP contribution >= 0.6 is 23.2 Å². The highest BCUT2D eigenvalue weighted by Crippen LogP contribution is 2.41. The molecule has 71 heavy (non-hydrogen) atoms. The monoisotopic (exact) mass is 995 g/mol. The standard InChI is InChI=1S/C22H21ClN6O3.C12H12ClN3O.C10H10FN3O2.CH4.B5/c1-12(20-17-10-31-18-8-14(23)4-5-15(18)28(17)11-25-20)26-21-24-7-6-19(27-21)29-16(13-2-3-13)9-32-22(29)30;1-7(14)12-10-5-17-11-4-8(13)2-3-9(11)16(10)6-15-12;11-9-12-4-3-8(13-9)14-7(6-1-2-6)5-16-10(14)15;;1-4-5(2)3/h4-8,11-13,16H,2-3,9-10H2,1H3,(H,24,26,27);2-4,6-7H,5,14H2,1H3;3-4,6-7H,1-2,5H2;1H4;/t12-,16+;2*7-;;/m001../s1. The molecule has 3 N–H and O–H groups in total. The van der Waals surface area contributed by atoms with Crippen molar-refractivity contribution in [3.8, 4) is 22.9 Å². The number of nitrogens with two attached hydrogens (primary N) is 1. The Bertz CT molecular complexity index is 2880. The van der Waals surface area contributed by atoms with E-state index < -0.39 is 18.6 Å². The van der Waals surface area contributed by atoms with Crippen LogP contribution < -0.4 is 30.3 Å². The maximum atomic E-state index is 12.9. The number of fused-ring (bicyclic) bond motifs is 6. The van der Waals surface area contributed by atoms with E-state index in [4.69, 9.17) is 71.1 Å². The number of rotatable bonds is 9. The first-order valence-corrected chi connectivity index (χ1v) is 23.3. The fourth-order valence-corrected chi connectivity index (χ4v) is 8.77. The average molecular weight is 996 g/mol. The van der Waals surface area contributed by atoms with E-state index in [1.807, 2.05) is 53.3 Å². The normalized spacial score (nSPS) is 18.7. The number of carbonyl (C=O) groups is 2. The Kier molecular flexibility index (Phi) is 15.9. The largest absolute Gasteiger partial charge is 0.485 e. The minimum absolute atomic E-state index is 0. The zero-order valence-electron chi connectivity index (χ0n) is 38.1. The number of nitrogens with one attached hydrogen (secondary N) is 1. The van der Waals surface area contributed by atoms with Crippen LogP contribution in [0.2, 0.25) is 10.0 Å². The van der Waals surface area contributed by atoms with Gasteiger partial charge in [0.15, 0.2) is 0 Å². The van der Waals surface area contributed by atoms with Crippen molar-refractivity contribution in [3.05, 3.63) is 112 Å². The van der Waals surface area contributed by atoms with Crippen molar-refractivity contribution in [1.82, 2.24) is 39.0 Å². The molecule has 18 nitrogen and oxygen atoms in total. The van der Waals surface area contributed by atoms with Gasteiger partial charge in [0, 0.05) is 77.3 Å². The summed E-state index contributed by atoms with van der Waals surface area (Å²) >= 11 is 12.0. The lowest BCUT2D eigenvalue weighted by Crippen LogP contribution is -2.35. The Morgan fingerprint density at radius 2 is 1.23 bits per heavy atom. The number of imidazole rings is 2. The minimum Gasteiger partial charge on any atom is -0.485 e. The second kappa shape index (κ2) is 22.0. The second-order valence-corrected chi connectivity index (χ2v) is 18.1. The fourth-order valence-electron chi connectivity index (χ4n) is 8.45. The summed E-state index contributed by atoms with van der Waals surface area (Å²) in [5, 5.41) is 4.61. The topological polar surface area (TPSA) is 203 Å². The molecule has 4 atom stereocenters. The van der Waals surface area contributed by atoms with Crippen LogP contribution in [0, 0.1) is 17.9 Å². The maximum Gasteiger partial charge on any atom is 0.415 e. The van der Waals surface area contributed by atoms with Crippen LogP contribution in [0.1, 0.15) is 81.8 Å². The third-order valence-electron chi connectivity index (χ3n) is 12.2. The molecule has 6 aromatic rings. The Balaban J connectivity index is 0.000000146. The van der Waals surface area contributed by atoms with Crippen LogP contribution in [-0.2, 0) is 22.7 Å². The third-order valence-corrected chi connectivity index (χ3v) is 12.7. The van der Waals surface area contributed by atoms with Gasteiger partial charge in [-0.1, -0.05) is 30.6 Å². The number of carbonyl (C=O) groups excluding carboxylic acids is 2. The van der Waals surface area contributed by atoms with E-state index in [1.165, 1.54) is 24.2 Å². The van der Waals surface area contributed by atoms with Crippen molar-refractivity contribution >= 4 is 89.6 Å². The lowest BCUT2D eigenvalue weighted by atomic mass is 8.97. The quantitative estimate of drug-likeness (QED) is 0.115. The van der Waals surface area contributed by atoms with E-state index in [9.17, 15) is 14.0 Å². The highest BCUT2D eigenvalue weighted by atomic mass is 35.5. The Morgan fingerprint density at radius 3 is 1.70 bits per heavy atom. The molecule has 2 saturated heterocycles. The number of benzene rings is 2. The smallest absolute Gasteiger partial charge is 0.415 e. The molecule has 2 aliphatic carbocycles. The van der Waals surface area contributed by atoms with Gasteiger partial charge >= 0.3 is 18.3 Å². The summed E-state index contributed by atoms with van der Waals surface area (Å²) in [7, 11) is 15.8. The molecule has 12 rings (SSSR count). The molecule has 8 heterocycles. The van der Waals surface area contributed by atoms with Gasteiger partial charge in [-0.05, 0) is 87.8 Å². The Morgan fingerprint density at radius 1 is 0.746 bits per heavy atom. The van der Waals surface area contributed by atoms with Crippen molar-refractivity contribution in [2.75, 3.05) is 28.3 Å². The van der Waals surface area contributed by atoms with Gasteiger partial charge in [-0.2, -0.15) is 14.4 Å². The second-order valence-electron chi connectivity index (χ2n) is 17.2. The van der Waals surface area contributed by atoms with Crippen LogP contribution in [-0.4, -0.2) is 113 Å². The summed E-state index contributed by atoms with van der Waals surface area (Å²) in [6.07, 6.45) is 8.85. The van der Waals surface area contributed by atoms with Crippen molar-refractivity contribution in [3.63, 3.8) is 0 Å². The molecule has 7 radical (unpaired) electrons. The Labute approximate surface area is 425 Å². The summed E-state index contributed by atoms with van der Waals surface area (Å²) in [6, 6.07) is 14.2. The van der Waals surface area contributed by atoms with Crippen LogP contribution in [0.25, 0.3) is 11.4 Å². The highest BCUT2D eigenvalue weighted by molar-refractivity contribution is 7.60. The van der Waals surface area contributed by atoms with E-state index in [0.29, 0.717) is 60.1 Å². The summed E-state index contributed by atoms with van der Waals surface area (Å²) < 4.78 is 38.8. The molecular formula is C45H47B5Cl2FN12O6. The molecule has 4 aromatic heterocycles. The van der Waals surface area contributed by atoms with Crippen molar-refractivity contribution < 1.29 is 32.9 Å². The van der Waals surface area contributed by atoms with Gasteiger partial charge in [0.25, 0.3) is 0 Å². The van der Waals surface area contributed by atoms with Gasteiger partial charge in [-0.25, -0.2) is 29.5 Å². The van der Waals surface area contributed by atoms with Gasteiger partial charge in [0.2, 0.25) is 5.95 Å². The van der Waals surface area contributed by atoms with Crippen LogP contribution in [0.3, 0.4) is 0 Å². The fraction of sp³-hybridized carbons (Fsp3) is 0.378. The minimum atomic E-state index is -0.827. The molecule has 2 amide bonds. The first-order chi connectivity index (χ1) is 33.8. The third kappa shape index (κ3) is 11.4. The molecule has 2 aromatic carbocycles. The van der Waals surface area contributed by atoms with Gasteiger partial charge in [-0.3, -0.25) is 18.9 Å². The van der Waals surface area contributed by atoms with Crippen molar-refractivity contribution in [1.29, 1.82) is 0 Å². The molecule has 0 bridgehead atoms. The molecule has 2 saturated carbocycles. The summed E-state index contributed by atoms with van der Waals surface area (Å²) in [5.41, 5.74) is 11.4. The molecular weight excluding hydrogens is 949 g/mol. The number of nitrogens with zero attached hydrogens (tertiary/aromatic N) is 10. The van der Waals surface area contributed by atoms with E-state index in [1.54, 1.807) is 35.9 Å². The number of hydrogen-bond acceptors (Lipinski definition) is 14. The molecule has 6 aliphatic rings.